The van der Waals surface area contributed by atoms with Crippen LogP contribution in [0.2, 0.25) is 0 Å². The van der Waals surface area contributed by atoms with Crippen LogP contribution in [-0.2, 0) is 11.3 Å². The molecule has 0 N–H and O–H groups in total. The Labute approximate surface area is 117 Å². The van der Waals surface area contributed by atoms with Crippen LogP contribution in [0, 0.1) is 6.92 Å². The number of amidine groups is 1. The first-order chi connectivity index (χ1) is 9.51. The predicted molar refractivity (Wildman–Crippen MR) is 71.7 cm³/mol. The molecule has 1 saturated heterocycles. The highest BCUT2D eigenvalue weighted by Crippen LogP contribution is 2.28. The number of hydrogen-bond acceptors (Lipinski definition) is 3. The normalized spacial score (nSPS) is 21.2. The van der Waals surface area contributed by atoms with Crippen molar-refractivity contribution in [3.05, 3.63) is 11.9 Å². The highest BCUT2D eigenvalue weighted by atomic mass is 16.2. The van der Waals surface area contributed by atoms with Gasteiger partial charge in [-0.1, -0.05) is 4.99 Å². The minimum atomic E-state index is -0.515. The van der Waals surface area contributed by atoms with Crippen LogP contribution in [0.25, 0.3) is 0 Å². The molecule has 3 rings (SSSR count). The lowest BCUT2D eigenvalue weighted by Gasteiger charge is -2.32. The molecule has 0 aromatic carbocycles. The molecule has 2 aliphatic rings. The first-order valence-electron chi connectivity index (χ1n) is 6.80. The van der Waals surface area contributed by atoms with Gasteiger partial charge in [0.25, 0.3) is 5.91 Å². The van der Waals surface area contributed by atoms with Crippen molar-refractivity contribution in [2.24, 2.45) is 4.99 Å². The number of fused-ring (bicyclic) bond motifs is 3. The van der Waals surface area contributed by atoms with Crippen molar-refractivity contribution in [2.75, 3.05) is 13.6 Å². The number of rotatable bonds is 2. The molecule has 0 aliphatic carbocycles. The van der Waals surface area contributed by atoms with E-state index in [0.29, 0.717) is 12.4 Å². The molecule has 1 aromatic rings. The lowest BCUT2D eigenvalue weighted by Crippen LogP contribution is -2.62. The second-order valence-corrected chi connectivity index (χ2v) is 5.02. The zero-order valence-electron chi connectivity index (χ0n) is 12.1. The maximum absolute atomic E-state index is 12.5. The number of likely N-dealkylation sites (N-methyl/N-ethyl adjacent to an activating group) is 2. The first kappa shape index (κ1) is 12.8. The Balaban J connectivity index is 2.16. The van der Waals surface area contributed by atoms with Crippen molar-refractivity contribution in [1.82, 2.24) is 14.4 Å². The minimum absolute atomic E-state index is 0.202. The summed E-state index contributed by atoms with van der Waals surface area (Å²) in [4.78, 5) is 31.9. The molecule has 0 spiro atoms. The van der Waals surface area contributed by atoms with Crippen LogP contribution in [0.5, 0.6) is 0 Å². The summed E-state index contributed by atoms with van der Waals surface area (Å²) in [6.45, 7) is 6.97. The Bertz CT molecular complexity index is 645. The fourth-order valence-electron chi connectivity index (χ4n) is 2.91. The van der Waals surface area contributed by atoms with Gasteiger partial charge in [0.05, 0.1) is 6.54 Å². The quantitative estimate of drug-likeness (QED) is 0.743. The minimum Gasteiger partial charge on any atom is -0.270 e. The number of nitrogens with zero attached hydrogens (tertiary/aromatic N) is 5. The molecule has 7 nitrogen and oxygen atoms in total. The maximum atomic E-state index is 12.5. The van der Waals surface area contributed by atoms with Crippen LogP contribution in [0.4, 0.5) is 10.7 Å². The number of hydrogen-bond donors (Lipinski definition) is 0. The summed E-state index contributed by atoms with van der Waals surface area (Å²) in [5.41, 5.74) is 1.06. The van der Waals surface area contributed by atoms with Gasteiger partial charge in [-0.15, -0.1) is 0 Å². The number of aryl methyl sites for hydroxylation is 1. The van der Waals surface area contributed by atoms with Crippen molar-refractivity contribution in [1.29, 1.82) is 0 Å². The first-order valence-corrected chi connectivity index (χ1v) is 6.80. The zero-order valence-corrected chi connectivity index (χ0v) is 12.1. The fraction of sp³-hybridized carbons (Fsp3) is 0.538. The predicted octanol–water partition coefficient (Wildman–Crippen LogP) is 0.603. The van der Waals surface area contributed by atoms with Gasteiger partial charge in [-0.25, -0.2) is 13.9 Å². The van der Waals surface area contributed by atoms with Crippen LogP contribution in [0.3, 0.4) is 0 Å². The largest absolute Gasteiger partial charge is 0.401 e. The highest BCUT2D eigenvalue weighted by molar-refractivity contribution is 6.19. The van der Waals surface area contributed by atoms with Crippen molar-refractivity contribution >= 4 is 23.7 Å². The second-order valence-electron chi connectivity index (χ2n) is 5.02. The van der Waals surface area contributed by atoms with Crippen LogP contribution in [0.1, 0.15) is 25.6 Å². The molecule has 2 aliphatic heterocycles. The van der Waals surface area contributed by atoms with Gasteiger partial charge in [0.15, 0.2) is 0 Å². The summed E-state index contributed by atoms with van der Waals surface area (Å²) in [7, 11) is 1.67. The van der Waals surface area contributed by atoms with Gasteiger partial charge >= 0.3 is 12.0 Å². The van der Waals surface area contributed by atoms with Gasteiger partial charge in [0, 0.05) is 13.6 Å². The van der Waals surface area contributed by atoms with Crippen molar-refractivity contribution in [2.45, 2.75) is 33.4 Å². The molecule has 3 amide bonds. The Kier molecular flexibility index (Phi) is 2.67. The van der Waals surface area contributed by atoms with E-state index in [1.54, 1.807) is 14.0 Å². The lowest BCUT2D eigenvalue weighted by molar-refractivity contribution is -0.677. The average Bonchev–Trinajstić information content (AvgIpc) is 2.91. The standard InChI is InChI=1S/C13H18N5O2/c1-5-16-8(3)7-18-9-10(14-12(16)18)15(4)13(20)17(6-2)11(9)19/h7,9H,5-6H2,1-4H3/q+1. The van der Waals surface area contributed by atoms with Crippen LogP contribution >= 0.6 is 0 Å². The van der Waals surface area contributed by atoms with Crippen LogP contribution < -0.4 is 4.57 Å². The van der Waals surface area contributed by atoms with Crippen LogP contribution in [-0.4, -0.2) is 45.7 Å². The van der Waals surface area contributed by atoms with E-state index < -0.39 is 6.04 Å². The molecule has 7 heteroatoms. The highest BCUT2D eigenvalue weighted by Gasteiger charge is 2.52. The van der Waals surface area contributed by atoms with Crippen molar-refractivity contribution in [3.8, 4) is 0 Å². The van der Waals surface area contributed by atoms with E-state index in [4.69, 9.17) is 0 Å². The molecule has 1 atom stereocenters. The SMILES string of the molecule is CCN1C(=O)C2C(=Nc3n(CC)c(C)c[n+]32)N(C)C1=O. The number of urea groups is 1. The van der Waals surface area contributed by atoms with Gasteiger partial charge < -0.3 is 0 Å². The third-order valence-electron chi connectivity index (χ3n) is 3.96. The molecule has 106 valence electrons. The van der Waals surface area contributed by atoms with E-state index in [9.17, 15) is 9.59 Å². The van der Waals surface area contributed by atoms with E-state index in [1.165, 1.54) is 9.80 Å². The van der Waals surface area contributed by atoms with E-state index in [-0.39, 0.29) is 11.9 Å². The Hall–Kier alpha value is -2.18. The summed E-state index contributed by atoms with van der Waals surface area (Å²) in [5, 5.41) is 0. The topological polar surface area (TPSA) is 61.8 Å². The molecular weight excluding hydrogens is 258 g/mol. The van der Waals surface area contributed by atoms with E-state index in [1.807, 2.05) is 29.2 Å². The molecule has 1 unspecified atom stereocenters. The van der Waals surface area contributed by atoms with E-state index >= 15 is 0 Å². The Morgan fingerprint density at radius 3 is 2.60 bits per heavy atom. The summed E-state index contributed by atoms with van der Waals surface area (Å²) in [6, 6.07) is -0.822. The third-order valence-corrected chi connectivity index (χ3v) is 3.96. The van der Waals surface area contributed by atoms with Gasteiger partial charge in [0.2, 0.25) is 11.9 Å². The molecule has 0 saturated carbocycles. The summed E-state index contributed by atoms with van der Waals surface area (Å²) in [6.07, 6.45) is 1.93. The van der Waals surface area contributed by atoms with Crippen molar-refractivity contribution in [3.63, 3.8) is 0 Å². The summed E-state index contributed by atoms with van der Waals surface area (Å²) >= 11 is 0. The lowest BCUT2D eigenvalue weighted by atomic mass is 10.1. The van der Waals surface area contributed by atoms with Gasteiger partial charge in [0.1, 0.15) is 11.9 Å². The molecule has 0 bridgehead atoms. The maximum Gasteiger partial charge on any atom is 0.401 e. The molecule has 1 fully saturated rings. The van der Waals surface area contributed by atoms with E-state index in [0.717, 1.165) is 18.2 Å². The fourth-order valence-corrected chi connectivity index (χ4v) is 2.91. The molecule has 0 radical (unpaired) electrons. The third kappa shape index (κ3) is 1.40. The number of carbonyl (C=O) groups excluding carboxylic acids is 2. The zero-order chi connectivity index (χ0) is 14.6. The molecule has 1 aromatic heterocycles. The molecular formula is C13H18N5O2+. The van der Waals surface area contributed by atoms with Crippen molar-refractivity contribution < 1.29 is 14.2 Å². The number of imidazole rings is 1. The number of aromatic nitrogens is 2. The Morgan fingerprint density at radius 2 is 2.00 bits per heavy atom. The Morgan fingerprint density at radius 1 is 1.30 bits per heavy atom. The summed E-state index contributed by atoms with van der Waals surface area (Å²) in [5.74, 6) is 1.05. The van der Waals surface area contributed by atoms with Gasteiger partial charge in [-0.2, -0.15) is 0 Å². The van der Waals surface area contributed by atoms with Crippen LogP contribution in [0.15, 0.2) is 11.2 Å². The van der Waals surface area contributed by atoms with Gasteiger partial charge in [-0.05, 0) is 20.8 Å². The molecule has 3 heterocycles. The summed E-state index contributed by atoms with van der Waals surface area (Å²) < 4.78 is 3.90. The monoisotopic (exact) mass is 276 g/mol. The number of carbonyl (C=O) groups is 2. The number of imide groups is 1. The average molecular weight is 276 g/mol. The van der Waals surface area contributed by atoms with Gasteiger partial charge in [-0.3, -0.25) is 14.6 Å². The number of amides is 3. The second kappa shape index (κ2) is 4.16. The number of aliphatic imine (C=N–C) groups is 1. The molecule has 20 heavy (non-hydrogen) atoms. The van der Waals surface area contributed by atoms with E-state index in [2.05, 4.69) is 4.99 Å². The smallest absolute Gasteiger partial charge is 0.270 e.